The van der Waals surface area contributed by atoms with E-state index in [-0.39, 0.29) is 10.6 Å². The SMILES string of the molecule is N#Cc1ccccc1NC(=O)c1cc(NC(=O)C2C(c3cc(Cl)cc(Cl)c3)C2(Cl)Cl)ccc1Cl. The van der Waals surface area contributed by atoms with Gasteiger partial charge >= 0.3 is 0 Å². The Kier molecular flexibility index (Phi) is 7.00. The van der Waals surface area contributed by atoms with Crippen LogP contribution >= 0.6 is 58.0 Å². The van der Waals surface area contributed by atoms with Gasteiger partial charge in [0.25, 0.3) is 5.91 Å². The molecule has 2 amide bonds. The van der Waals surface area contributed by atoms with Crippen molar-refractivity contribution in [3.63, 3.8) is 0 Å². The summed E-state index contributed by atoms with van der Waals surface area (Å²) >= 11 is 31.2. The number of amides is 2. The molecule has 10 heteroatoms. The van der Waals surface area contributed by atoms with Gasteiger partial charge < -0.3 is 10.6 Å². The number of benzene rings is 3. The molecule has 1 aliphatic carbocycles. The predicted molar refractivity (Wildman–Crippen MR) is 136 cm³/mol. The van der Waals surface area contributed by atoms with Crippen LogP contribution in [0.25, 0.3) is 0 Å². The molecule has 1 saturated carbocycles. The van der Waals surface area contributed by atoms with Crippen molar-refractivity contribution in [2.45, 2.75) is 10.3 Å². The summed E-state index contributed by atoms with van der Waals surface area (Å²) in [5, 5.41) is 15.6. The number of nitrogens with zero attached hydrogens (tertiary/aromatic N) is 1. The molecule has 3 aromatic carbocycles. The molecule has 2 N–H and O–H groups in total. The molecule has 0 spiro atoms. The molecule has 172 valence electrons. The summed E-state index contributed by atoms with van der Waals surface area (Å²) in [5.41, 5.74) is 1.74. The van der Waals surface area contributed by atoms with E-state index in [1.807, 2.05) is 6.07 Å². The fourth-order valence-corrected chi connectivity index (χ4v) is 5.27. The van der Waals surface area contributed by atoms with Crippen molar-refractivity contribution in [3.8, 4) is 6.07 Å². The van der Waals surface area contributed by atoms with Crippen LogP contribution in [0.15, 0.2) is 60.7 Å². The predicted octanol–water partition coefficient (Wildman–Crippen LogP) is 7.30. The van der Waals surface area contributed by atoms with E-state index >= 15 is 0 Å². The monoisotopic (exact) mass is 551 g/mol. The summed E-state index contributed by atoms with van der Waals surface area (Å²) in [6.45, 7) is 0. The Bertz CT molecular complexity index is 1330. The van der Waals surface area contributed by atoms with Gasteiger partial charge in [-0.2, -0.15) is 5.26 Å². The maximum atomic E-state index is 13.0. The number of carbonyl (C=O) groups excluding carboxylic acids is 2. The number of halogens is 5. The third-order valence-corrected chi connectivity index (χ3v) is 7.06. The number of carbonyl (C=O) groups is 2. The number of para-hydroxylation sites is 1. The third kappa shape index (κ3) is 4.98. The van der Waals surface area contributed by atoms with E-state index in [0.29, 0.717) is 32.5 Å². The molecule has 1 fully saturated rings. The van der Waals surface area contributed by atoms with Gasteiger partial charge in [0.2, 0.25) is 5.91 Å². The zero-order valence-corrected chi connectivity index (χ0v) is 20.9. The first-order valence-corrected chi connectivity index (χ1v) is 11.8. The van der Waals surface area contributed by atoms with Crippen molar-refractivity contribution in [1.29, 1.82) is 5.26 Å². The number of anilines is 2. The van der Waals surface area contributed by atoms with Gasteiger partial charge in [-0.25, -0.2) is 0 Å². The van der Waals surface area contributed by atoms with Gasteiger partial charge in [0, 0.05) is 21.7 Å². The number of hydrogen-bond acceptors (Lipinski definition) is 3. The summed E-state index contributed by atoms with van der Waals surface area (Å²) in [7, 11) is 0. The zero-order valence-electron chi connectivity index (χ0n) is 17.1. The fourth-order valence-electron chi connectivity index (χ4n) is 3.70. The highest BCUT2D eigenvalue weighted by molar-refractivity contribution is 6.53. The molecule has 2 atom stereocenters. The molecule has 0 heterocycles. The highest BCUT2D eigenvalue weighted by Gasteiger charge is 2.67. The van der Waals surface area contributed by atoms with Crippen LogP contribution in [0.5, 0.6) is 0 Å². The summed E-state index contributed by atoms with van der Waals surface area (Å²) in [6.07, 6.45) is 0. The van der Waals surface area contributed by atoms with Crippen molar-refractivity contribution in [2.24, 2.45) is 5.92 Å². The first-order chi connectivity index (χ1) is 16.1. The Morgan fingerprint density at radius 2 is 1.59 bits per heavy atom. The number of nitriles is 1. The van der Waals surface area contributed by atoms with Gasteiger partial charge in [-0.1, -0.05) is 46.9 Å². The first kappa shape index (κ1) is 24.7. The Hall–Kier alpha value is -2.46. The lowest BCUT2D eigenvalue weighted by molar-refractivity contribution is -0.117. The fraction of sp³-hybridized carbons (Fsp3) is 0.125. The van der Waals surface area contributed by atoms with Gasteiger partial charge in [-0.15, -0.1) is 23.2 Å². The normalized spacial score (nSPS) is 18.0. The first-order valence-electron chi connectivity index (χ1n) is 9.86. The lowest BCUT2D eigenvalue weighted by atomic mass is 10.1. The Balaban J connectivity index is 1.52. The number of nitrogens with one attached hydrogen (secondary N) is 2. The number of rotatable bonds is 5. The highest BCUT2D eigenvalue weighted by Crippen LogP contribution is 2.65. The molecular weight excluding hydrogens is 540 g/mol. The van der Waals surface area contributed by atoms with E-state index < -0.39 is 28.0 Å². The highest BCUT2D eigenvalue weighted by atomic mass is 35.5. The van der Waals surface area contributed by atoms with Crippen LogP contribution in [0.1, 0.15) is 27.4 Å². The van der Waals surface area contributed by atoms with Gasteiger partial charge in [0.05, 0.1) is 27.8 Å². The number of alkyl halides is 2. The molecule has 1 aliphatic rings. The Morgan fingerprint density at radius 1 is 0.912 bits per heavy atom. The Labute approximate surface area is 220 Å². The second kappa shape index (κ2) is 9.65. The smallest absolute Gasteiger partial charge is 0.257 e. The van der Waals surface area contributed by atoms with E-state index in [0.717, 1.165) is 0 Å². The minimum atomic E-state index is -1.34. The molecular formula is C24H14Cl5N3O2. The van der Waals surface area contributed by atoms with Crippen LogP contribution in [0.2, 0.25) is 15.1 Å². The average Bonchev–Trinajstić information content (AvgIpc) is 3.36. The van der Waals surface area contributed by atoms with Crippen LogP contribution in [0.3, 0.4) is 0 Å². The van der Waals surface area contributed by atoms with Crippen LogP contribution in [0, 0.1) is 17.2 Å². The van der Waals surface area contributed by atoms with Crippen LogP contribution in [-0.2, 0) is 4.79 Å². The van der Waals surface area contributed by atoms with Crippen molar-refractivity contribution in [1.82, 2.24) is 0 Å². The second-order valence-electron chi connectivity index (χ2n) is 7.63. The largest absolute Gasteiger partial charge is 0.326 e. The van der Waals surface area contributed by atoms with Crippen molar-refractivity contribution >= 4 is 81.2 Å². The minimum Gasteiger partial charge on any atom is -0.326 e. The molecule has 0 bridgehead atoms. The van der Waals surface area contributed by atoms with Gasteiger partial charge in [-0.3, -0.25) is 9.59 Å². The molecule has 0 aromatic heterocycles. The van der Waals surface area contributed by atoms with E-state index in [1.54, 1.807) is 48.5 Å². The molecule has 2 unspecified atom stereocenters. The summed E-state index contributed by atoms with van der Waals surface area (Å²) in [6, 6.07) is 17.9. The third-order valence-electron chi connectivity index (χ3n) is 5.35. The zero-order chi connectivity index (χ0) is 24.6. The summed E-state index contributed by atoms with van der Waals surface area (Å²) < 4.78 is -1.34. The topological polar surface area (TPSA) is 82.0 Å². The van der Waals surface area contributed by atoms with E-state index in [9.17, 15) is 14.9 Å². The Morgan fingerprint density at radius 3 is 2.26 bits per heavy atom. The van der Waals surface area contributed by atoms with Crippen LogP contribution in [-0.4, -0.2) is 16.1 Å². The van der Waals surface area contributed by atoms with Crippen molar-refractivity contribution in [2.75, 3.05) is 10.6 Å². The van der Waals surface area contributed by atoms with E-state index in [4.69, 9.17) is 58.0 Å². The average molecular weight is 554 g/mol. The van der Waals surface area contributed by atoms with Crippen molar-refractivity contribution in [3.05, 3.63) is 92.4 Å². The van der Waals surface area contributed by atoms with Crippen LogP contribution in [0.4, 0.5) is 11.4 Å². The summed E-state index contributed by atoms with van der Waals surface area (Å²) in [4.78, 5) is 25.8. The van der Waals surface area contributed by atoms with E-state index in [1.165, 1.54) is 12.1 Å². The maximum absolute atomic E-state index is 13.0. The second-order valence-corrected chi connectivity index (χ2v) is 10.4. The van der Waals surface area contributed by atoms with E-state index in [2.05, 4.69) is 10.6 Å². The van der Waals surface area contributed by atoms with Gasteiger partial charge in [0.15, 0.2) is 0 Å². The molecule has 3 aromatic rings. The lowest BCUT2D eigenvalue weighted by Gasteiger charge is -2.11. The molecule has 5 nitrogen and oxygen atoms in total. The number of hydrogen-bond donors (Lipinski definition) is 2. The molecule has 0 aliphatic heterocycles. The minimum absolute atomic E-state index is 0.115. The molecule has 4 rings (SSSR count). The molecule has 0 saturated heterocycles. The standard InChI is InChI=1S/C24H14Cl5N3O2/c25-14-7-13(8-15(26)9-14)20-21(24(20,28)29)23(34)31-16-5-6-18(27)17(10-16)22(33)32-19-4-2-1-3-12(19)11-30/h1-10,20-21H,(H,31,34)(H,32,33). The van der Waals surface area contributed by atoms with Gasteiger partial charge in [-0.05, 0) is 54.1 Å². The van der Waals surface area contributed by atoms with Crippen LogP contribution < -0.4 is 10.6 Å². The molecule has 34 heavy (non-hydrogen) atoms. The van der Waals surface area contributed by atoms with Gasteiger partial charge in [0.1, 0.15) is 10.4 Å². The van der Waals surface area contributed by atoms with Crippen molar-refractivity contribution < 1.29 is 9.59 Å². The molecule has 0 radical (unpaired) electrons. The maximum Gasteiger partial charge on any atom is 0.257 e. The lowest BCUT2D eigenvalue weighted by Crippen LogP contribution is -2.18. The summed E-state index contributed by atoms with van der Waals surface area (Å²) in [5.74, 6) is -2.24. The quantitative estimate of drug-likeness (QED) is 0.325.